The molecule has 0 saturated heterocycles. The van der Waals surface area contributed by atoms with Crippen molar-refractivity contribution in [3.8, 4) is 0 Å². The van der Waals surface area contributed by atoms with Crippen LogP contribution >= 0.6 is 0 Å². The van der Waals surface area contributed by atoms with Crippen LogP contribution in [0.2, 0.25) is 0 Å². The molecule has 7 nitrogen and oxygen atoms in total. The Balaban J connectivity index is 3.79. The molecule has 3 amide bonds. The molecule has 0 rings (SSSR count). The lowest BCUT2D eigenvalue weighted by atomic mass is 10.2. The zero-order valence-corrected chi connectivity index (χ0v) is 10.2. The minimum atomic E-state index is -1.05. The highest BCUT2D eigenvalue weighted by Crippen LogP contribution is 1.86. The number of hydrogen-bond donors (Lipinski definition) is 4. The normalized spacial score (nSPS) is 12.0. The minimum Gasteiger partial charge on any atom is -0.480 e. The third kappa shape index (κ3) is 8.21. The summed E-state index contributed by atoms with van der Waals surface area (Å²) in [6, 6.07) is -1.41. The summed E-state index contributed by atoms with van der Waals surface area (Å²) in [5, 5.41) is 15.6. The standard InChI is InChI=1S/C10H19N3O4/c1-6(2)4-12-10(17)13-8(14)5-11-7(3)9(15)16/h6-7,11H,4-5H2,1-3H3,(H,15,16)(H2,12,13,14,17)/t7-/m1/s1. The maximum absolute atomic E-state index is 11.2. The van der Waals surface area contributed by atoms with E-state index in [-0.39, 0.29) is 6.54 Å². The molecule has 0 radical (unpaired) electrons. The smallest absolute Gasteiger partial charge is 0.321 e. The number of aliphatic carboxylic acids is 1. The molecule has 0 aromatic carbocycles. The van der Waals surface area contributed by atoms with Crippen molar-refractivity contribution in [2.24, 2.45) is 5.92 Å². The van der Waals surface area contributed by atoms with Gasteiger partial charge in [0.05, 0.1) is 6.54 Å². The van der Waals surface area contributed by atoms with Crippen molar-refractivity contribution < 1.29 is 19.5 Å². The molecule has 1 atom stereocenters. The van der Waals surface area contributed by atoms with Crippen molar-refractivity contribution in [3.63, 3.8) is 0 Å². The Hall–Kier alpha value is -1.63. The van der Waals surface area contributed by atoms with Gasteiger partial charge in [-0.1, -0.05) is 13.8 Å². The number of urea groups is 1. The van der Waals surface area contributed by atoms with Crippen molar-refractivity contribution >= 4 is 17.9 Å². The quantitative estimate of drug-likeness (QED) is 0.506. The molecule has 0 aliphatic heterocycles. The Morgan fingerprint density at radius 1 is 1.18 bits per heavy atom. The summed E-state index contributed by atoms with van der Waals surface area (Å²) in [5.41, 5.74) is 0. The van der Waals surface area contributed by atoms with Crippen LogP contribution in [0.5, 0.6) is 0 Å². The van der Waals surface area contributed by atoms with E-state index in [1.165, 1.54) is 6.92 Å². The van der Waals surface area contributed by atoms with E-state index >= 15 is 0 Å². The molecule has 0 aliphatic carbocycles. The second-order valence-electron chi connectivity index (χ2n) is 4.09. The summed E-state index contributed by atoms with van der Waals surface area (Å²) >= 11 is 0. The Morgan fingerprint density at radius 2 is 1.76 bits per heavy atom. The first-order chi connectivity index (χ1) is 7.82. The van der Waals surface area contributed by atoms with Gasteiger partial charge in [0.1, 0.15) is 6.04 Å². The summed E-state index contributed by atoms with van der Waals surface area (Å²) in [7, 11) is 0. The van der Waals surface area contributed by atoms with Gasteiger partial charge in [-0.15, -0.1) is 0 Å². The third-order valence-corrected chi connectivity index (χ3v) is 1.86. The summed E-state index contributed by atoms with van der Waals surface area (Å²) in [5.74, 6) is -1.33. The molecular weight excluding hydrogens is 226 g/mol. The summed E-state index contributed by atoms with van der Waals surface area (Å²) in [6.07, 6.45) is 0. The fourth-order valence-corrected chi connectivity index (χ4v) is 0.845. The maximum atomic E-state index is 11.2. The zero-order valence-electron chi connectivity index (χ0n) is 10.2. The van der Waals surface area contributed by atoms with Gasteiger partial charge in [-0.2, -0.15) is 0 Å². The molecule has 0 unspecified atom stereocenters. The average molecular weight is 245 g/mol. The van der Waals surface area contributed by atoms with Crippen molar-refractivity contribution in [1.82, 2.24) is 16.0 Å². The number of imide groups is 1. The molecule has 0 aromatic rings. The molecule has 0 bridgehead atoms. The number of nitrogens with one attached hydrogen (secondary N) is 3. The van der Waals surface area contributed by atoms with Crippen LogP contribution in [-0.2, 0) is 9.59 Å². The maximum Gasteiger partial charge on any atom is 0.321 e. The van der Waals surface area contributed by atoms with Gasteiger partial charge in [0, 0.05) is 6.54 Å². The second kappa shape index (κ2) is 7.61. The number of carbonyl (C=O) groups excluding carboxylic acids is 2. The predicted molar refractivity (Wildman–Crippen MR) is 61.5 cm³/mol. The lowest BCUT2D eigenvalue weighted by Crippen LogP contribution is -2.46. The number of carboxylic acids is 1. The van der Waals surface area contributed by atoms with Crippen LogP contribution in [0, 0.1) is 5.92 Å². The molecule has 98 valence electrons. The van der Waals surface area contributed by atoms with E-state index in [9.17, 15) is 14.4 Å². The van der Waals surface area contributed by atoms with Crippen molar-refractivity contribution in [2.75, 3.05) is 13.1 Å². The largest absolute Gasteiger partial charge is 0.480 e. The van der Waals surface area contributed by atoms with Gasteiger partial charge in [-0.05, 0) is 12.8 Å². The van der Waals surface area contributed by atoms with E-state index in [1.54, 1.807) is 0 Å². The third-order valence-electron chi connectivity index (χ3n) is 1.86. The monoisotopic (exact) mass is 245 g/mol. The lowest BCUT2D eigenvalue weighted by molar-refractivity contribution is -0.139. The summed E-state index contributed by atoms with van der Waals surface area (Å²) in [4.78, 5) is 32.8. The van der Waals surface area contributed by atoms with E-state index in [2.05, 4.69) is 16.0 Å². The molecule has 17 heavy (non-hydrogen) atoms. The molecular formula is C10H19N3O4. The van der Waals surface area contributed by atoms with Crippen LogP contribution in [0.25, 0.3) is 0 Å². The number of carbonyl (C=O) groups is 3. The fraction of sp³-hybridized carbons (Fsp3) is 0.700. The Labute approximate surface area is 100.0 Å². The highest BCUT2D eigenvalue weighted by molar-refractivity contribution is 5.95. The molecule has 0 saturated carbocycles. The van der Waals surface area contributed by atoms with E-state index in [1.807, 2.05) is 13.8 Å². The van der Waals surface area contributed by atoms with Crippen LogP contribution in [0.15, 0.2) is 0 Å². The highest BCUT2D eigenvalue weighted by Gasteiger charge is 2.13. The van der Waals surface area contributed by atoms with Crippen LogP contribution in [0.1, 0.15) is 20.8 Å². The van der Waals surface area contributed by atoms with E-state index in [4.69, 9.17) is 5.11 Å². The second-order valence-corrected chi connectivity index (χ2v) is 4.09. The van der Waals surface area contributed by atoms with Crippen molar-refractivity contribution in [3.05, 3.63) is 0 Å². The fourth-order valence-electron chi connectivity index (χ4n) is 0.845. The predicted octanol–water partition coefficient (Wildman–Crippen LogP) is -0.469. The average Bonchev–Trinajstić information content (AvgIpc) is 2.22. The van der Waals surface area contributed by atoms with Crippen molar-refractivity contribution in [1.29, 1.82) is 0 Å². The lowest BCUT2D eigenvalue weighted by Gasteiger charge is -2.10. The van der Waals surface area contributed by atoms with Gasteiger partial charge in [0.25, 0.3) is 0 Å². The van der Waals surface area contributed by atoms with Crippen LogP contribution in [0.4, 0.5) is 4.79 Å². The number of amides is 3. The van der Waals surface area contributed by atoms with E-state index < -0.39 is 23.9 Å². The van der Waals surface area contributed by atoms with Gasteiger partial charge in [-0.3, -0.25) is 20.2 Å². The first-order valence-corrected chi connectivity index (χ1v) is 5.36. The van der Waals surface area contributed by atoms with Crippen LogP contribution < -0.4 is 16.0 Å². The van der Waals surface area contributed by atoms with E-state index in [0.29, 0.717) is 12.5 Å². The summed E-state index contributed by atoms with van der Waals surface area (Å²) in [6.45, 7) is 5.52. The highest BCUT2D eigenvalue weighted by atomic mass is 16.4. The minimum absolute atomic E-state index is 0.220. The molecule has 0 aliphatic rings. The Morgan fingerprint density at radius 3 is 2.24 bits per heavy atom. The summed E-state index contributed by atoms with van der Waals surface area (Å²) < 4.78 is 0. The zero-order chi connectivity index (χ0) is 13.4. The molecule has 4 N–H and O–H groups in total. The topological polar surface area (TPSA) is 108 Å². The van der Waals surface area contributed by atoms with Gasteiger partial charge in [0.15, 0.2) is 0 Å². The number of hydrogen-bond acceptors (Lipinski definition) is 4. The number of rotatable bonds is 6. The molecule has 0 aromatic heterocycles. The molecule has 0 spiro atoms. The molecule has 0 fully saturated rings. The molecule has 7 heteroatoms. The van der Waals surface area contributed by atoms with Gasteiger partial charge in [-0.25, -0.2) is 4.79 Å². The van der Waals surface area contributed by atoms with Crippen LogP contribution in [0.3, 0.4) is 0 Å². The SMILES string of the molecule is CC(C)CNC(=O)NC(=O)CN[C@H](C)C(=O)O. The first-order valence-electron chi connectivity index (χ1n) is 5.36. The van der Waals surface area contributed by atoms with Gasteiger partial charge >= 0.3 is 12.0 Å². The van der Waals surface area contributed by atoms with Gasteiger partial charge < -0.3 is 10.4 Å². The first kappa shape index (κ1) is 15.4. The Kier molecular flexibility index (Phi) is 6.88. The number of carboxylic acid groups (broad SMARTS) is 1. The van der Waals surface area contributed by atoms with Crippen LogP contribution in [-0.4, -0.2) is 42.1 Å². The Bertz CT molecular complexity index is 291. The van der Waals surface area contributed by atoms with Crippen molar-refractivity contribution in [2.45, 2.75) is 26.8 Å². The van der Waals surface area contributed by atoms with E-state index in [0.717, 1.165) is 0 Å². The molecule has 0 heterocycles. The van der Waals surface area contributed by atoms with Gasteiger partial charge in [0.2, 0.25) is 5.91 Å².